The summed E-state index contributed by atoms with van der Waals surface area (Å²) >= 11 is 0. The molecule has 0 atom stereocenters. The Hall–Kier alpha value is -1.38. The minimum atomic E-state index is -0.273. The van der Waals surface area contributed by atoms with Crippen LogP contribution in [0.4, 0.5) is 0 Å². The maximum Gasteiger partial charge on any atom is 0.310 e. The molecule has 0 amide bonds. The predicted molar refractivity (Wildman–Crippen MR) is 49.1 cm³/mol. The van der Waals surface area contributed by atoms with Gasteiger partial charge >= 0.3 is 5.97 Å². The summed E-state index contributed by atoms with van der Waals surface area (Å²) in [7, 11) is 1.64. The second kappa shape index (κ2) is 6.34. The van der Waals surface area contributed by atoms with Crippen LogP contribution in [-0.2, 0) is 9.53 Å². The molecular formula is C9H13NO2. The van der Waals surface area contributed by atoms with E-state index in [4.69, 9.17) is 4.74 Å². The first kappa shape index (κ1) is 10.6. The zero-order valence-corrected chi connectivity index (χ0v) is 7.41. The number of rotatable bonds is 4. The van der Waals surface area contributed by atoms with Crippen molar-refractivity contribution in [1.29, 1.82) is 0 Å². The summed E-state index contributed by atoms with van der Waals surface area (Å²) in [5.74, 6) is 0.151. The van der Waals surface area contributed by atoms with Crippen LogP contribution >= 0.6 is 0 Å². The zero-order chi connectivity index (χ0) is 9.40. The van der Waals surface area contributed by atoms with Crippen LogP contribution in [0.3, 0.4) is 0 Å². The molecule has 0 bridgehead atoms. The van der Waals surface area contributed by atoms with Crippen molar-refractivity contribution in [2.45, 2.75) is 13.3 Å². The van der Waals surface area contributed by atoms with Gasteiger partial charge in [0.25, 0.3) is 0 Å². The van der Waals surface area contributed by atoms with Crippen LogP contribution in [0.1, 0.15) is 13.3 Å². The molecule has 0 fully saturated rings. The molecule has 0 saturated heterocycles. The van der Waals surface area contributed by atoms with Crippen molar-refractivity contribution in [2.75, 3.05) is 7.05 Å². The Labute approximate surface area is 72.4 Å². The highest BCUT2D eigenvalue weighted by Crippen LogP contribution is 1.99. The van der Waals surface area contributed by atoms with Crippen molar-refractivity contribution in [3.8, 4) is 0 Å². The molecule has 3 nitrogen and oxygen atoms in total. The molecule has 3 heteroatoms. The Kier molecular flexibility index (Phi) is 5.61. The minimum absolute atomic E-state index is 0.273. The largest absolute Gasteiger partial charge is 0.427 e. The first-order valence-corrected chi connectivity index (χ1v) is 3.70. The lowest BCUT2D eigenvalue weighted by Crippen LogP contribution is -2.00. The van der Waals surface area contributed by atoms with E-state index in [1.165, 1.54) is 6.08 Å². The van der Waals surface area contributed by atoms with Gasteiger partial charge in [-0.05, 0) is 12.2 Å². The Morgan fingerprint density at radius 1 is 1.67 bits per heavy atom. The standard InChI is InChI=1S/C9H13NO2/c1-4-8(6-7-10-3)12-9(11)5-2/h4,6-7H,1,5H2,2-3H3/b8-6+,10-7-. The third-order valence-corrected chi connectivity index (χ3v) is 1.11. The normalized spacial score (nSPS) is 11.7. The smallest absolute Gasteiger partial charge is 0.310 e. The summed E-state index contributed by atoms with van der Waals surface area (Å²) in [6, 6.07) is 0. The summed E-state index contributed by atoms with van der Waals surface area (Å²) < 4.78 is 4.86. The van der Waals surface area contributed by atoms with Gasteiger partial charge in [-0.1, -0.05) is 13.5 Å². The van der Waals surface area contributed by atoms with E-state index in [0.717, 1.165) is 0 Å². The number of hydrogen-bond donors (Lipinski definition) is 0. The van der Waals surface area contributed by atoms with Gasteiger partial charge in [-0.15, -0.1) is 0 Å². The molecule has 0 N–H and O–H groups in total. The van der Waals surface area contributed by atoms with E-state index in [1.54, 1.807) is 26.3 Å². The number of carbonyl (C=O) groups is 1. The third kappa shape index (κ3) is 4.44. The third-order valence-electron chi connectivity index (χ3n) is 1.11. The molecule has 0 aromatic rings. The first-order valence-electron chi connectivity index (χ1n) is 3.70. The number of ether oxygens (including phenoxy) is 1. The fourth-order valence-corrected chi connectivity index (χ4v) is 0.495. The topological polar surface area (TPSA) is 38.7 Å². The molecule has 0 unspecified atom stereocenters. The number of carbonyl (C=O) groups excluding carboxylic acids is 1. The van der Waals surface area contributed by atoms with Gasteiger partial charge in [0.05, 0.1) is 0 Å². The van der Waals surface area contributed by atoms with Gasteiger partial charge in [0.1, 0.15) is 5.76 Å². The summed E-state index contributed by atoms with van der Waals surface area (Å²) in [6.45, 7) is 5.23. The van der Waals surface area contributed by atoms with Gasteiger partial charge < -0.3 is 4.74 Å². The fraction of sp³-hybridized carbons (Fsp3) is 0.333. The van der Waals surface area contributed by atoms with Crippen molar-refractivity contribution >= 4 is 12.2 Å². The SMILES string of the molecule is C=C/C(=C\C=N/C)OC(=O)CC. The lowest BCUT2D eigenvalue weighted by atomic mass is 10.4. The molecule has 0 aromatic carbocycles. The Balaban J connectivity index is 4.17. The minimum Gasteiger partial charge on any atom is -0.427 e. The highest BCUT2D eigenvalue weighted by molar-refractivity contribution is 5.75. The number of allylic oxidation sites excluding steroid dienone is 2. The Morgan fingerprint density at radius 2 is 2.33 bits per heavy atom. The molecule has 0 spiro atoms. The van der Waals surface area contributed by atoms with E-state index in [1.807, 2.05) is 0 Å². The lowest BCUT2D eigenvalue weighted by Gasteiger charge is -2.00. The maximum atomic E-state index is 10.8. The van der Waals surface area contributed by atoms with Crippen LogP contribution in [-0.4, -0.2) is 19.2 Å². The summed E-state index contributed by atoms with van der Waals surface area (Å²) in [6.07, 6.45) is 4.95. The molecule has 12 heavy (non-hydrogen) atoms. The van der Waals surface area contributed by atoms with Gasteiger partial charge in [0.15, 0.2) is 0 Å². The highest BCUT2D eigenvalue weighted by Gasteiger charge is 1.99. The quantitative estimate of drug-likeness (QED) is 0.277. The van der Waals surface area contributed by atoms with Crippen LogP contribution in [0.5, 0.6) is 0 Å². The molecule has 66 valence electrons. The van der Waals surface area contributed by atoms with Crippen LogP contribution in [0, 0.1) is 0 Å². The summed E-state index contributed by atoms with van der Waals surface area (Å²) in [4.78, 5) is 14.5. The molecule has 0 saturated carbocycles. The molecule has 0 aliphatic carbocycles. The van der Waals surface area contributed by atoms with Crippen molar-refractivity contribution in [2.24, 2.45) is 4.99 Å². The van der Waals surface area contributed by atoms with Crippen molar-refractivity contribution in [1.82, 2.24) is 0 Å². The molecule has 0 aliphatic heterocycles. The lowest BCUT2D eigenvalue weighted by molar-refractivity contribution is -0.138. The molecule has 0 aliphatic rings. The number of hydrogen-bond acceptors (Lipinski definition) is 3. The van der Waals surface area contributed by atoms with Gasteiger partial charge in [-0.25, -0.2) is 0 Å². The fourth-order valence-electron chi connectivity index (χ4n) is 0.495. The van der Waals surface area contributed by atoms with E-state index in [0.29, 0.717) is 12.2 Å². The van der Waals surface area contributed by atoms with E-state index < -0.39 is 0 Å². The summed E-state index contributed by atoms with van der Waals surface area (Å²) in [5.41, 5.74) is 0. The van der Waals surface area contributed by atoms with Crippen LogP contribution in [0.25, 0.3) is 0 Å². The molecule has 0 radical (unpaired) electrons. The second-order valence-corrected chi connectivity index (χ2v) is 2.01. The van der Waals surface area contributed by atoms with Crippen LogP contribution in [0.15, 0.2) is 29.5 Å². The average Bonchev–Trinajstić information content (AvgIpc) is 2.11. The molecular weight excluding hydrogens is 154 g/mol. The van der Waals surface area contributed by atoms with Crippen molar-refractivity contribution in [3.05, 3.63) is 24.5 Å². The van der Waals surface area contributed by atoms with E-state index in [2.05, 4.69) is 11.6 Å². The van der Waals surface area contributed by atoms with E-state index >= 15 is 0 Å². The number of esters is 1. The van der Waals surface area contributed by atoms with Crippen molar-refractivity contribution < 1.29 is 9.53 Å². The zero-order valence-electron chi connectivity index (χ0n) is 7.41. The molecule has 0 rings (SSSR count). The predicted octanol–water partition coefficient (Wildman–Crippen LogP) is 1.71. The van der Waals surface area contributed by atoms with E-state index in [-0.39, 0.29) is 5.97 Å². The van der Waals surface area contributed by atoms with Crippen molar-refractivity contribution in [3.63, 3.8) is 0 Å². The average molecular weight is 167 g/mol. The monoisotopic (exact) mass is 167 g/mol. The van der Waals surface area contributed by atoms with Crippen LogP contribution < -0.4 is 0 Å². The highest BCUT2D eigenvalue weighted by atomic mass is 16.5. The molecule has 0 aromatic heterocycles. The van der Waals surface area contributed by atoms with Gasteiger partial charge in [-0.3, -0.25) is 9.79 Å². The van der Waals surface area contributed by atoms with Gasteiger partial charge in [0, 0.05) is 19.7 Å². The Bertz CT molecular complexity index is 217. The maximum absolute atomic E-state index is 10.8. The first-order chi connectivity index (χ1) is 5.74. The number of aliphatic imine (C=N–C) groups is 1. The Morgan fingerprint density at radius 3 is 2.75 bits per heavy atom. The van der Waals surface area contributed by atoms with Gasteiger partial charge in [-0.2, -0.15) is 0 Å². The van der Waals surface area contributed by atoms with Gasteiger partial charge in [0.2, 0.25) is 0 Å². The summed E-state index contributed by atoms with van der Waals surface area (Å²) in [5, 5.41) is 0. The number of nitrogens with zero attached hydrogens (tertiary/aromatic N) is 1. The van der Waals surface area contributed by atoms with Crippen LogP contribution in [0.2, 0.25) is 0 Å². The second-order valence-electron chi connectivity index (χ2n) is 2.01. The molecule has 0 heterocycles. The van der Waals surface area contributed by atoms with E-state index in [9.17, 15) is 4.79 Å².